The zero-order valence-corrected chi connectivity index (χ0v) is 15.7. The number of nitrogens with one attached hydrogen (secondary N) is 2. The average Bonchev–Trinajstić information content (AvgIpc) is 3.26. The number of benzene rings is 1. The number of ether oxygens (including phenoxy) is 1. The van der Waals surface area contributed by atoms with Crippen molar-refractivity contribution < 1.29 is 17.9 Å². The molecule has 0 aliphatic heterocycles. The van der Waals surface area contributed by atoms with Crippen LogP contribution >= 0.6 is 0 Å². The van der Waals surface area contributed by atoms with E-state index in [9.17, 15) is 13.2 Å². The van der Waals surface area contributed by atoms with Gasteiger partial charge in [0.15, 0.2) is 0 Å². The van der Waals surface area contributed by atoms with Gasteiger partial charge in [0.1, 0.15) is 16.3 Å². The fourth-order valence-electron chi connectivity index (χ4n) is 3.07. The highest BCUT2D eigenvalue weighted by Crippen LogP contribution is 2.30. The Bertz CT molecular complexity index is 899. The summed E-state index contributed by atoms with van der Waals surface area (Å²) in [6, 6.07) is 8.63. The number of carbonyl (C=O) groups excluding carboxylic acids is 1. The number of hydrogen-bond acceptors (Lipinski definition) is 4. The Morgan fingerprint density at radius 1 is 1.23 bits per heavy atom. The van der Waals surface area contributed by atoms with Crippen molar-refractivity contribution in [2.24, 2.45) is 7.05 Å². The first-order valence-electron chi connectivity index (χ1n) is 8.57. The van der Waals surface area contributed by atoms with Gasteiger partial charge in [-0.3, -0.25) is 4.79 Å². The Kier molecular flexibility index (Phi) is 5.33. The predicted octanol–water partition coefficient (Wildman–Crippen LogP) is 2.51. The molecule has 1 heterocycles. The SMILES string of the molecule is CNS(=O)(=O)c1cc(C(=O)Nc2ccccc2OC2CCCC2)n(C)c1. The number of nitrogens with zero attached hydrogens (tertiary/aromatic N) is 1. The maximum Gasteiger partial charge on any atom is 0.272 e. The van der Waals surface area contributed by atoms with E-state index in [4.69, 9.17) is 4.74 Å². The second kappa shape index (κ2) is 7.51. The predicted molar refractivity (Wildman–Crippen MR) is 98.9 cm³/mol. The first kappa shape index (κ1) is 18.5. The van der Waals surface area contributed by atoms with Crippen LogP contribution in [-0.2, 0) is 17.1 Å². The second-order valence-electron chi connectivity index (χ2n) is 6.35. The van der Waals surface area contributed by atoms with E-state index in [1.807, 2.05) is 18.2 Å². The van der Waals surface area contributed by atoms with Gasteiger partial charge in [0.2, 0.25) is 10.0 Å². The zero-order valence-electron chi connectivity index (χ0n) is 14.9. The summed E-state index contributed by atoms with van der Waals surface area (Å²) in [4.78, 5) is 12.7. The summed E-state index contributed by atoms with van der Waals surface area (Å²) in [5.74, 6) is 0.234. The number of para-hydroxylation sites is 2. The van der Waals surface area contributed by atoms with Gasteiger partial charge in [0.25, 0.3) is 5.91 Å². The molecule has 2 aromatic rings. The molecule has 1 fully saturated rings. The van der Waals surface area contributed by atoms with E-state index < -0.39 is 15.9 Å². The number of rotatable bonds is 6. The molecule has 1 saturated carbocycles. The van der Waals surface area contributed by atoms with Gasteiger partial charge < -0.3 is 14.6 Å². The summed E-state index contributed by atoms with van der Waals surface area (Å²) in [5, 5.41) is 2.82. The minimum Gasteiger partial charge on any atom is -0.488 e. The summed E-state index contributed by atoms with van der Waals surface area (Å²) in [6.45, 7) is 0. The summed E-state index contributed by atoms with van der Waals surface area (Å²) < 4.78 is 33.6. The monoisotopic (exact) mass is 377 g/mol. The molecule has 0 atom stereocenters. The number of amides is 1. The molecule has 8 heteroatoms. The highest BCUT2D eigenvalue weighted by atomic mass is 32.2. The lowest BCUT2D eigenvalue weighted by atomic mass is 10.2. The molecule has 3 rings (SSSR count). The lowest BCUT2D eigenvalue weighted by molar-refractivity contribution is 0.101. The van der Waals surface area contributed by atoms with Gasteiger partial charge in [-0.25, -0.2) is 13.1 Å². The number of sulfonamides is 1. The van der Waals surface area contributed by atoms with Crippen molar-refractivity contribution in [3.8, 4) is 5.75 Å². The molecule has 1 aromatic heterocycles. The number of anilines is 1. The average molecular weight is 377 g/mol. The molecule has 1 aliphatic rings. The molecule has 1 amide bonds. The van der Waals surface area contributed by atoms with Crippen molar-refractivity contribution in [1.82, 2.24) is 9.29 Å². The number of hydrogen-bond donors (Lipinski definition) is 2. The number of aromatic nitrogens is 1. The molecule has 140 valence electrons. The molecule has 0 saturated heterocycles. The van der Waals surface area contributed by atoms with Crippen molar-refractivity contribution in [3.05, 3.63) is 42.2 Å². The number of aryl methyl sites for hydroxylation is 1. The van der Waals surface area contributed by atoms with Crippen molar-refractivity contribution in [2.75, 3.05) is 12.4 Å². The molecule has 1 aliphatic carbocycles. The van der Waals surface area contributed by atoms with Gasteiger partial charge in [-0.15, -0.1) is 0 Å². The van der Waals surface area contributed by atoms with E-state index in [-0.39, 0.29) is 16.7 Å². The van der Waals surface area contributed by atoms with Gasteiger partial charge >= 0.3 is 0 Å². The Labute approximate surface area is 153 Å². The van der Waals surface area contributed by atoms with E-state index in [0.717, 1.165) is 25.7 Å². The molecule has 0 unspecified atom stereocenters. The summed E-state index contributed by atoms with van der Waals surface area (Å²) in [5.41, 5.74) is 0.818. The maximum absolute atomic E-state index is 12.7. The van der Waals surface area contributed by atoms with Crippen LogP contribution < -0.4 is 14.8 Å². The molecule has 1 aromatic carbocycles. The standard InChI is InChI=1S/C18H23N3O4S/c1-19-26(23,24)14-11-16(21(2)12-14)18(22)20-15-9-5-6-10-17(15)25-13-7-3-4-8-13/h5-6,9-13,19H,3-4,7-8H2,1-2H3,(H,20,22). The highest BCUT2D eigenvalue weighted by molar-refractivity contribution is 7.89. The van der Waals surface area contributed by atoms with Crippen LogP contribution in [0.4, 0.5) is 5.69 Å². The van der Waals surface area contributed by atoms with Gasteiger partial charge in [0, 0.05) is 13.2 Å². The van der Waals surface area contributed by atoms with Crippen LogP contribution in [0.2, 0.25) is 0 Å². The van der Waals surface area contributed by atoms with Crippen LogP contribution in [0.5, 0.6) is 5.75 Å². The summed E-state index contributed by atoms with van der Waals surface area (Å²) in [7, 11) is -0.644. The Morgan fingerprint density at radius 3 is 2.62 bits per heavy atom. The van der Waals surface area contributed by atoms with E-state index in [2.05, 4.69) is 10.0 Å². The minimum atomic E-state index is -3.61. The molecule has 0 bridgehead atoms. The normalized spacial score (nSPS) is 15.2. The third-order valence-electron chi connectivity index (χ3n) is 4.52. The zero-order chi connectivity index (χ0) is 18.7. The highest BCUT2D eigenvalue weighted by Gasteiger charge is 2.21. The Hall–Kier alpha value is -2.32. The fraction of sp³-hybridized carbons (Fsp3) is 0.389. The quantitative estimate of drug-likeness (QED) is 0.809. The molecule has 2 N–H and O–H groups in total. The van der Waals surface area contributed by atoms with E-state index in [1.165, 1.54) is 23.9 Å². The third-order valence-corrected chi connectivity index (χ3v) is 5.90. The second-order valence-corrected chi connectivity index (χ2v) is 8.24. The lowest BCUT2D eigenvalue weighted by Crippen LogP contribution is -2.18. The van der Waals surface area contributed by atoms with Crippen molar-refractivity contribution >= 4 is 21.6 Å². The lowest BCUT2D eigenvalue weighted by Gasteiger charge is -2.17. The molecule has 7 nitrogen and oxygen atoms in total. The smallest absolute Gasteiger partial charge is 0.272 e. The van der Waals surface area contributed by atoms with Crippen LogP contribution in [-0.4, -0.2) is 32.0 Å². The van der Waals surface area contributed by atoms with E-state index in [0.29, 0.717) is 11.4 Å². The molecular formula is C18H23N3O4S. The van der Waals surface area contributed by atoms with E-state index >= 15 is 0 Å². The summed E-state index contributed by atoms with van der Waals surface area (Å²) in [6.07, 6.45) is 5.94. The van der Waals surface area contributed by atoms with Crippen molar-refractivity contribution in [1.29, 1.82) is 0 Å². The van der Waals surface area contributed by atoms with Crippen molar-refractivity contribution in [2.45, 2.75) is 36.7 Å². The molecule has 0 radical (unpaired) electrons. The first-order valence-corrected chi connectivity index (χ1v) is 10.1. The summed E-state index contributed by atoms with van der Waals surface area (Å²) >= 11 is 0. The van der Waals surface area contributed by atoms with Crippen LogP contribution in [0.15, 0.2) is 41.4 Å². The van der Waals surface area contributed by atoms with Crippen LogP contribution in [0.1, 0.15) is 36.2 Å². The Balaban J connectivity index is 1.80. The van der Waals surface area contributed by atoms with Gasteiger partial charge in [0.05, 0.1) is 11.8 Å². The topological polar surface area (TPSA) is 89.4 Å². The molecular weight excluding hydrogens is 354 g/mol. The first-order chi connectivity index (χ1) is 12.4. The van der Waals surface area contributed by atoms with Crippen LogP contribution in [0.3, 0.4) is 0 Å². The third kappa shape index (κ3) is 3.91. The van der Waals surface area contributed by atoms with Gasteiger partial charge in [-0.2, -0.15) is 0 Å². The molecule has 0 spiro atoms. The van der Waals surface area contributed by atoms with Crippen LogP contribution in [0.25, 0.3) is 0 Å². The fourth-order valence-corrected chi connectivity index (χ4v) is 3.87. The van der Waals surface area contributed by atoms with Crippen LogP contribution in [0, 0.1) is 0 Å². The van der Waals surface area contributed by atoms with Crippen molar-refractivity contribution in [3.63, 3.8) is 0 Å². The Morgan fingerprint density at radius 2 is 1.92 bits per heavy atom. The van der Waals surface area contributed by atoms with E-state index in [1.54, 1.807) is 13.1 Å². The largest absolute Gasteiger partial charge is 0.488 e. The number of carbonyl (C=O) groups is 1. The minimum absolute atomic E-state index is 0.0446. The van der Waals surface area contributed by atoms with Gasteiger partial charge in [-0.05, 0) is 50.9 Å². The molecule has 26 heavy (non-hydrogen) atoms. The maximum atomic E-state index is 12.7. The van der Waals surface area contributed by atoms with Gasteiger partial charge in [-0.1, -0.05) is 12.1 Å².